The maximum atomic E-state index is 11.8. The average Bonchev–Trinajstić information content (AvgIpc) is 2.47. The van der Waals surface area contributed by atoms with Crippen LogP contribution in [0.4, 0.5) is 4.79 Å². The van der Waals surface area contributed by atoms with E-state index in [0.717, 1.165) is 25.1 Å². The minimum absolute atomic E-state index is 0.105. The van der Waals surface area contributed by atoms with Crippen molar-refractivity contribution in [1.29, 1.82) is 0 Å². The van der Waals surface area contributed by atoms with Crippen molar-refractivity contribution in [3.8, 4) is 0 Å². The first-order valence-corrected chi connectivity index (χ1v) is 7.17. The summed E-state index contributed by atoms with van der Waals surface area (Å²) in [5.41, 5.74) is 2.09. The lowest BCUT2D eigenvalue weighted by molar-refractivity contribution is 0.135. The monoisotopic (exact) mass is 279 g/mol. The van der Waals surface area contributed by atoms with Gasteiger partial charge in [0.25, 0.3) is 0 Å². The molecule has 20 heavy (non-hydrogen) atoms. The second-order valence-corrected chi connectivity index (χ2v) is 4.71. The number of hydrogen-bond donors (Lipinski definition) is 1. The van der Waals surface area contributed by atoms with Gasteiger partial charge in [-0.05, 0) is 24.5 Å². The lowest BCUT2D eigenvalue weighted by Gasteiger charge is -2.17. The van der Waals surface area contributed by atoms with Crippen LogP contribution in [0.25, 0.3) is 0 Å². The number of hydrogen-bond acceptors (Lipinski definition) is 3. The van der Waals surface area contributed by atoms with Crippen LogP contribution in [0.1, 0.15) is 31.5 Å². The summed E-state index contributed by atoms with van der Waals surface area (Å²) in [5, 5.41) is 2.82. The van der Waals surface area contributed by atoms with Gasteiger partial charge in [-0.1, -0.05) is 19.9 Å². The summed E-state index contributed by atoms with van der Waals surface area (Å²) in [6.45, 7) is 6.48. The molecule has 0 saturated heterocycles. The number of carbonyl (C=O) groups is 1. The van der Waals surface area contributed by atoms with Crippen LogP contribution in [0.5, 0.6) is 0 Å². The molecule has 1 aromatic heterocycles. The molecular formula is C15H25N3O2. The van der Waals surface area contributed by atoms with Gasteiger partial charge in [-0.15, -0.1) is 0 Å². The third-order valence-electron chi connectivity index (χ3n) is 2.91. The lowest BCUT2D eigenvalue weighted by Crippen LogP contribution is -2.38. The zero-order chi connectivity index (χ0) is 14.8. The van der Waals surface area contributed by atoms with Crippen molar-refractivity contribution in [2.75, 3.05) is 26.8 Å². The number of rotatable bonds is 8. The standard InChI is InChI=1S/C15H25N3O2/c1-4-9-20-10-8-16-15(19)18(3)12-14-7-6-13(5-2)11-17-14/h6-7,11H,4-5,8-10,12H2,1-3H3,(H,16,19). The Bertz CT molecular complexity index is 393. The molecule has 5 nitrogen and oxygen atoms in total. The Balaban J connectivity index is 2.29. The SMILES string of the molecule is CCCOCCNC(=O)N(C)Cc1ccc(CC)cn1. The number of nitrogens with one attached hydrogen (secondary N) is 1. The first-order chi connectivity index (χ1) is 9.67. The Morgan fingerprint density at radius 2 is 2.15 bits per heavy atom. The van der Waals surface area contributed by atoms with Crippen molar-refractivity contribution in [3.05, 3.63) is 29.6 Å². The van der Waals surface area contributed by atoms with Crippen LogP contribution in [-0.2, 0) is 17.7 Å². The fourth-order valence-corrected chi connectivity index (χ4v) is 1.68. The molecule has 1 N–H and O–H groups in total. The van der Waals surface area contributed by atoms with Crippen molar-refractivity contribution in [2.24, 2.45) is 0 Å². The molecule has 0 aromatic carbocycles. The average molecular weight is 279 g/mol. The first-order valence-electron chi connectivity index (χ1n) is 7.17. The molecule has 0 atom stereocenters. The van der Waals surface area contributed by atoms with Crippen molar-refractivity contribution in [3.63, 3.8) is 0 Å². The molecule has 0 saturated carbocycles. The number of ether oxygens (including phenoxy) is 1. The summed E-state index contributed by atoms with van der Waals surface area (Å²) in [5.74, 6) is 0. The van der Waals surface area contributed by atoms with Crippen LogP contribution < -0.4 is 5.32 Å². The van der Waals surface area contributed by atoms with E-state index in [1.54, 1.807) is 11.9 Å². The van der Waals surface area contributed by atoms with Crippen LogP contribution in [0.2, 0.25) is 0 Å². The van der Waals surface area contributed by atoms with E-state index < -0.39 is 0 Å². The van der Waals surface area contributed by atoms with Crippen LogP contribution in [0.15, 0.2) is 18.3 Å². The fraction of sp³-hybridized carbons (Fsp3) is 0.600. The largest absolute Gasteiger partial charge is 0.380 e. The van der Waals surface area contributed by atoms with E-state index >= 15 is 0 Å². The molecule has 1 heterocycles. The molecule has 2 amide bonds. The molecule has 112 valence electrons. The molecule has 0 fully saturated rings. The third kappa shape index (κ3) is 6.02. The highest BCUT2D eigenvalue weighted by Gasteiger charge is 2.08. The number of aromatic nitrogens is 1. The highest BCUT2D eigenvalue weighted by molar-refractivity contribution is 5.73. The van der Waals surface area contributed by atoms with Gasteiger partial charge < -0.3 is 15.0 Å². The van der Waals surface area contributed by atoms with Crippen LogP contribution in [0.3, 0.4) is 0 Å². The van der Waals surface area contributed by atoms with Gasteiger partial charge in [-0.3, -0.25) is 4.98 Å². The Hall–Kier alpha value is -1.62. The fourth-order valence-electron chi connectivity index (χ4n) is 1.68. The second-order valence-electron chi connectivity index (χ2n) is 4.71. The number of nitrogens with zero attached hydrogens (tertiary/aromatic N) is 2. The zero-order valence-corrected chi connectivity index (χ0v) is 12.7. The van der Waals surface area contributed by atoms with Gasteiger partial charge in [0, 0.05) is 26.4 Å². The quantitative estimate of drug-likeness (QED) is 0.742. The third-order valence-corrected chi connectivity index (χ3v) is 2.91. The molecule has 1 aromatic rings. The number of amides is 2. The van der Waals surface area contributed by atoms with E-state index in [1.165, 1.54) is 5.56 Å². The van der Waals surface area contributed by atoms with Gasteiger partial charge in [-0.2, -0.15) is 0 Å². The molecule has 0 radical (unpaired) electrons. The molecule has 1 rings (SSSR count). The van der Waals surface area contributed by atoms with Crippen molar-refractivity contribution < 1.29 is 9.53 Å². The van der Waals surface area contributed by atoms with Crippen molar-refractivity contribution in [2.45, 2.75) is 33.2 Å². The van der Waals surface area contributed by atoms with Gasteiger partial charge in [-0.25, -0.2) is 4.79 Å². The Morgan fingerprint density at radius 1 is 1.35 bits per heavy atom. The zero-order valence-electron chi connectivity index (χ0n) is 12.7. The Morgan fingerprint density at radius 3 is 2.75 bits per heavy atom. The number of carbonyl (C=O) groups excluding carboxylic acids is 1. The van der Waals surface area contributed by atoms with Crippen molar-refractivity contribution >= 4 is 6.03 Å². The first kappa shape index (κ1) is 16.4. The predicted molar refractivity (Wildman–Crippen MR) is 79.6 cm³/mol. The van der Waals surface area contributed by atoms with Crippen LogP contribution in [0, 0.1) is 0 Å². The van der Waals surface area contributed by atoms with Gasteiger partial charge in [0.05, 0.1) is 18.8 Å². The smallest absolute Gasteiger partial charge is 0.317 e. The number of pyridine rings is 1. The minimum atomic E-state index is -0.105. The highest BCUT2D eigenvalue weighted by Crippen LogP contribution is 2.03. The summed E-state index contributed by atoms with van der Waals surface area (Å²) < 4.78 is 5.31. The summed E-state index contributed by atoms with van der Waals surface area (Å²) >= 11 is 0. The topological polar surface area (TPSA) is 54.5 Å². The molecule has 0 aliphatic carbocycles. The Kier molecular flexibility index (Phi) is 7.65. The van der Waals surface area contributed by atoms with Gasteiger partial charge in [0.1, 0.15) is 0 Å². The van der Waals surface area contributed by atoms with Gasteiger partial charge >= 0.3 is 6.03 Å². The normalized spacial score (nSPS) is 10.3. The van der Waals surface area contributed by atoms with E-state index in [0.29, 0.717) is 19.7 Å². The summed E-state index contributed by atoms with van der Waals surface area (Å²) in [7, 11) is 1.76. The van der Waals surface area contributed by atoms with Crippen LogP contribution >= 0.6 is 0 Å². The molecule has 0 aliphatic rings. The summed E-state index contributed by atoms with van der Waals surface area (Å²) in [4.78, 5) is 17.8. The molecule has 5 heteroatoms. The molecule has 0 aliphatic heterocycles. The Labute approximate surface area is 121 Å². The maximum Gasteiger partial charge on any atom is 0.317 e. The predicted octanol–water partition coefficient (Wildman–Crippen LogP) is 2.21. The van der Waals surface area contributed by atoms with E-state index in [1.807, 2.05) is 18.3 Å². The van der Waals surface area contributed by atoms with Crippen molar-refractivity contribution in [1.82, 2.24) is 15.2 Å². The van der Waals surface area contributed by atoms with Crippen LogP contribution in [-0.4, -0.2) is 42.7 Å². The van der Waals surface area contributed by atoms with E-state index in [4.69, 9.17) is 4.74 Å². The molecule has 0 spiro atoms. The van der Waals surface area contributed by atoms with Gasteiger partial charge in [0.2, 0.25) is 0 Å². The lowest BCUT2D eigenvalue weighted by atomic mass is 10.2. The molecule has 0 bridgehead atoms. The summed E-state index contributed by atoms with van der Waals surface area (Å²) in [6, 6.07) is 3.91. The number of urea groups is 1. The van der Waals surface area contributed by atoms with E-state index in [-0.39, 0.29) is 6.03 Å². The van der Waals surface area contributed by atoms with Gasteiger partial charge in [0.15, 0.2) is 0 Å². The maximum absolute atomic E-state index is 11.8. The van der Waals surface area contributed by atoms with E-state index in [9.17, 15) is 4.79 Å². The highest BCUT2D eigenvalue weighted by atomic mass is 16.5. The number of aryl methyl sites for hydroxylation is 1. The summed E-state index contributed by atoms with van der Waals surface area (Å²) in [6.07, 6.45) is 3.83. The molecule has 0 unspecified atom stereocenters. The van der Waals surface area contributed by atoms with E-state index in [2.05, 4.69) is 24.1 Å². The minimum Gasteiger partial charge on any atom is -0.380 e. The second kappa shape index (κ2) is 9.31. The molecular weight excluding hydrogens is 254 g/mol.